The molecule has 7 nitrogen and oxygen atoms in total. The van der Waals surface area contributed by atoms with Gasteiger partial charge in [-0.3, -0.25) is 4.79 Å². The molecule has 2 unspecified atom stereocenters. The topological polar surface area (TPSA) is 102 Å². The summed E-state index contributed by atoms with van der Waals surface area (Å²) in [6.45, 7) is 1.74. The maximum absolute atomic E-state index is 12.6. The lowest BCUT2D eigenvalue weighted by molar-refractivity contribution is -0.153. The molecular weight excluding hydrogens is 376 g/mol. The number of carbonyl (C=O) groups excluding carboxylic acids is 2. The Hall–Kier alpha value is -1.83. The number of fused-ring (bicyclic) bond motifs is 7. The number of methoxy groups -OCH3 is 1. The maximum atomic E-state index is 12.6. The van der Waals surface area contributed by atoms with E-state index in [1.807, 2.05) is 0 Å². The lowest BCUT2D eigenvalue weighted by Gasteiger charge is -2.38. The van der Waals surface area contributed by atoms with Gasteiger partial charge in [0.1, 0.15) is 28.9 Å². The number of benzene rings is 1. The second kappa shape index (κ2) is 8.04. The molecule has 1 saturated heterocycles. The third kappa shape index (κ3) is 4.36. The maximum Gasteiger partial charge on any atom is 0.342 e. The van der Waals surface area contributed by atoms with Crippen molar-refractivity contribution >= 4 is 23.4 Å². The second-order valence-electron chi connectivity index (χ2n) is 7.16. The average Bonchev–Trinajstić information content (AvgIpc) is 2.55. The number of carbonyl (C=O) groups is 2. The number of ether oxygens (including phenoxy) is 3. The molecule has 8 heteroatoms. The fourth-order valence-corrected chi connectivity index (χ4v) is 3.89. The first kappa shape index (κ1) is 19.9. The van der Waals surface area contributed by atoms with Gasteiger partial charge in [0.15, 0.2) is 0 Å². The van der Waals surface area contributed by atoms with Gasteiger partial charge >= 0.3 is 5.97 Å². The third-order valence-corrected chi connectivity index (χ3v) is 5.45. The van der Waals surface area contributed by atoms with Crippen molar-refractivity contribution in [2.24, 2.45) is 0 Å². The molecule has 0 spiro atoms. The van der Waals surface area contributed by atoms with Crippen molar-refractivity contribution in [1.82, 2.24) is 0 Å². The Labute approximate surface area is 162 Å². The summed E-state index contributed by atoms with van der Waals surface area (Å²) in [4.78, 5) is 25.2. The molecule has 4 atom stereocenters. The van der Waals surface area contributed by atoms with E-state index in [4.69, 9.17) is 25.8 Å². The highest BCUT2D eigenvalue weighted by Crippen LogP contribution is 2.38. The van der Waals surface area contributed by atoms with E-state index in [1.165, 1.54) is 7.11 Å². The summed E-state index contributed by atoms with van der Waals surface area (Å²) in [7, 11) is 1.54. The number of halogens is 1. The van der Waals surface area contributed by atoms with Gasteiger partial charge in [-0.2, -0.15) is 0 Å². The molecule has 0 aromatic heterocycles. The van der Waals surface area contributed by atoms with Crippen LogP contribution >= 0.6 is 11.6 Å². The van der Waals surface area contributed by atoms with Crippen LogP contribution in [0.4, 0.5) is 0 Å². The highest BCUT2D eigenvalue weighted by Gasteiger charge is 2.35. The zero-order chi connectivity index (χ0) is 19.7. The van der Waals surface area contributed by atoms with Gasteiger partial charge in [-0.25, -0.2) is 4.79 Å². The Morgan fingerprint density at radius 2 is 1.81 bits per heavy atom. The Morgan fingerprint density at radius 3 is 2.48 bits per heavy atom. The SMILES string of the molecule is COC1CC(=O)Cc2c(Cl)c(O)cc(O)c2C(=O)O[C@H](C)CC2C[C@H](C1)O2. The average molecular weight is 399 g/mol. The van der Waals surface area contributed by atoms with Gasteiger partial charge in [-0.1, -0.05) is 11.6 Å². The van der Waals surface area contributed by atoms with Crippen molar-refractivity contribution < 1.29 is 34.0 Å². The summed E-state index contributed by atoms with van der Waals surface area (Å²) in [6.07, 6.45) is 1.06. The van der Waals surface area contributed by atoms with Gasteiger partial charge < -0.3 is 24.4 Å². The molecule has 0 saturated carbocycles. The molecule has 3 heterocycles. The van der Waals surface area contributed by atoms with Crippen LogP contribution in [0.25, 0.3) is 0 Å². The molecule has 0 aliphatic carbocycles. The Bertz CT molecular complexity index is 742. The van der Waals surface area contributed by atoms with Crippen molar-refractivity contribution in [2.75, 3.05) is 7.11 Å². The molecule has 1 aromatic rings. The number of hydrogen-bond donors (Lipinski definition) is 2. The first-order valence-corrected chi connectivity index (χ1v) is 9.30. The molecular formula is C19H23ClO7. The number of Topliss-reactive ketones (excluding diaryl/α,β-unsaturated/α-hetero) is 1. The lowest BCUT2D eigenvalue weighted by Crippen LogP contribution is -2.42. The monoisotopic (exact) mass is 398 g/mol. The highest BCUT2D eigenvalue weighted by atomic mass is 35.5. The number of aromatic hydroxyl groups is 2. The lowest BCUT2D eigenvalue weighted by atomic mass is 9.92. The molecule has 148 valence electrons. The minimum atomic E-state index is -0.791. The molecule has 0 amide bonds. The van der Waals surface area contributed by atoms with Crippen molar-refractivity contribution in [1.29, 1.82) is 0 Å². The van der Waals surface area contributed by atoms with E-state index in [0.717, 1.165) is 12.5 Å². The molecule has 3 aliphatic heterocycles. The molecule has 0 radical (unpaired) electrons. The summed E-state index contributed by atoms with van der Waals surface area (Å²) in [6, 6.07) is 0.971. The number of rotatable bonds is 1. The predicted octanol–water partition coefficient (Wildman–Crippen LogP) is 2.76. The third-order valence-electron chi connectivity index (χ3n) is 5.03. The summed E-state index contributed by atoms with van der Waals surface area (Å²) < 4.78 is 16.6. The standard InChI is InChI=1S/C19H23ClO7/c1-9-3-12-7-13(27-12)6-11(25-2)4-10(21)5-14-17(19(24)26-9)15(22)8-16(23)18(14)20/h8-9,11-13,22-23H,3-7H2,1-2H3/t9-,11?,12?,13+/m1/s1. The first-order valence-electron chi connectivity index (χ1n) is 8.92. The van der Waals surface area contributed by atoms with E-state index in [1.54, 1.807) is 6.92 Å². The van der Waals surface area contributed by atoms with E-state index in [2.05, 4.69) is 0 Å². The Kier molecular flexibility index (Phi) is 5.93. The van der Waals surface area contributed by atoms with Gasteiger partial charge in [-0.15, -0.1) is 0 Å². The van der Waals surface area contributed by atoms with Crippen molar-refractivity contribution in [3.8, 4) is 11.5 Å². The fraction of sp³-hybridized carbons (Fsp3) is 0.579. The van der Waals surface area contributed by atoms with Crippen LogP contribution in [0.2, 0.25) is 5.02 Å². The van der Waals surface area contributed by atoms with Crippen LogP contribution in [0.5, 0.6) is 11.5 Å². The predicted molar refractivity (Wildman–Crippen MR) is 96.3 cm³/mol. The van der Waals surface area contributed by atoms with Crippen molar-refractivity contribution in [3.63, 3.8) is 0 Å². The van der Waals surface area contributed by atoms with Crippen LogP contribution in [0.15, 0.2) is 6.07 Å². The molecule has 2 N–H and O–H groups in total. The quantitative estimate of drug-likeness (QED) is 0.701. The zero-order valence-corrected chi connectivity index (χ0v) is 16.0. The van der Waals surface area contributed by atoms with Crippen LogP contribution < -0.4 is 0 Å². The van der Waals surface area contributed by atoms with Crippen LogP contribution in [-0.4, -0.2) is 53.5 Å². The van der Waals surface area contributed by atoms with Crippen LogP contribution in [0.1, 0.15) is 48.5 Å². The minimum absolute atomic E-state index is 0.0163. The number of hydrogen-bond acceptors (Lipinski definition) is 7. The number of phenolic OH excluding ortho intramolecular Hbond substituents is 2. The largest absolute Gasteiger partial charge is 0.507 e. The van der Waals surface area contributed by atoms with Crippen LogP contribution in [-0.2, 0) is 25.4 Å². The molecule has 2 bridgehead atoms. The van der Waals surface area contributed by atoms with E-state index >= 15 is 0 Å². The van der Waals surface area contributed by atoms with E-state index in [0.29, 0.717) is 12.8 Å². The minimum Gasteiger partial charge on any atom is -0.507 e. The number of esters is 1. The Balaban J connectivity index is 1.96. The highest BCUT2D eigenvalue weighted by molar-refractivity contribution is 6.33. The van der Waals surface area contributed by atoms with Gasteiger partial charge in [0.05, 0.1) is 23.3 Å². The molecule has 27 heavy (non-hydrogen) atoms. The number of ketones is 1. The van der Waals surface area contributed by atoms with Gasteiger partial charge in [0, 0.05) is 50.8 Å². The molecule has 1 fully saturated rings. The number of phenols is 2. The molecule has 1 aromatic carbocycles. The van der Waals surface area contributed by atoms with Crippen molar-refractivity contribution in [3.05, 3.63) is 22.2 Å². The summed E-state index contributed by atoms with van der Waals surface area (Å²) in [5, 5.41) is 19.9. The Morgan fingerprint density at radius 1 is 1.15 bits per heavy atom. The zero-order valence-electron chi connectivity index (χ0n) is 15.2. The van der Waals surface area contributed by atoms with Crippen LogP contribution in [0.3, 0.4) is 0 Å². The summed E-state index contributed by atoms with van der Waals surface area (Å²) >= 11 is 6.13. The summed E-state index contributed by atoms with van der Waals surface area (Å²) in [5.74, 6) is -1.91. The fourth-order valence-electron chi connectivity index (χ4n) is 3.67. The van der Waals surface area contributed by atoms with E-state index in [9.17, 15) is 19.8 Å². The van der Waals surface area contributed by atoms with Gasteiger partial charge in [0.2, 0.25) is 0 Å². The van der Waals surface area contributed by atoms with E-state index in [-0.39, 0.29) is 53.1 Å². The van der Waals surface area contributed by atoms with Crippen LogP contribution in [0, 0.1) is 0 Å². The van der Waals surface area contributed by atoms with Gasteiger partial charge in [0.25, 0.3) is 0 Å². The normalized spacial score (nSPS) is 29.3. The van der Waals surface area contributed by atoms with E-state index < -0.39 is 23.6 Å². The first-order chi connectivity index (χ1) is 12.8. The van der Waals surface area contributed by atoms with Gasteiger partial charge in [-0.05, 0) is 6.92 Å². The molecule has 3 aliphatic rings. The summed E-state index contributed by atoms with van der Waals surface area (Å²) in [5.41, 5.74) is -0.138. The second-order valence-corrected chi connectivity index (χ2v) is 7.54. The smallest absolute Gasteiger partial charge is 0.342 e. The van der Waals surface area contributed by atoms with Crippen molar-refractivity contribution in [2.45, 2.75) is 63.4 Å². The molecule has 4 rings (SSSR count).